The molecule has 0 spiro atoms. The summed E-state index contributed by atoms with van der Waals surface area (Å²) in [6.45, 7) is 3.73. The zero-order chi connectivity index (χ0) is 14.2. The lowest BCUT2D eigenvalue weighted by molar-refractivity contribution is -0.115. The van der Waals surface area contributed by atoms with E-state index >= 15 is 0 Å². The Bertz CT molecular complexity index is 441. The first kappa shape index (κ1) is 21.0. The molecule has 0 saturated carbocycles. The summed E-state index contributed by atoms with van der Waals surface area (Å²) >= 11 is 0. The zero-order valence-corrected chi connectivity index (χ0v) is 14.5. The summed E-state index contributed by atoms with van der Waals surface area (Å²) in [6, 6.07) is 7.99. The first-order valence-corrected chi connectivity index (χ1v) is 7.15. The van der Waals surface area contributed by atoms with E-state index in [9.17, 15) is 4.79 Å². The second-order valence-corrected chi connectivity index (χ2v) is 4.93. The van der Waals surface area contributed by atoms with Gasteiger partial charge in [0.05, 0.1) is 24.5 Å². The Balaban J connectivity index is 0.00000220. The van der Waals surface area contributed by atoms with Gasteiger partial charge in [-0.15, -0.1) is 24.8 Å². The number of hydrogen-bond acceptors (Lipinski definition) is 4. The van der Waals surface area contributed by atoms with Crippen LogP contribution in [0.25, 0.3) is 0 Å². The molecule has 0 unspecified atom stereocenters. The Kier molecular flexibility index (Phi) is 11.0. The van der Waals surface area contributed by atoms with Crippen molar-refractivity contribution in [2.45, 2.75) is 12.8 Å². The number of methoxy groups -OCH3 is 1. The molecule has 0 radical (unpaired) electrons. The highest BCUT2D eigenvalue weighted by Gasteiger charge is 2.16. The molecular weight excluding hydrogens is 325 g/mol. The smallest absolute Gasteiger partial charge is 0.238 e. The van der Waals surface area contributed by atoms with E-state index in [1.165, 1.54) is 12.8 Å². The van der Waals surface area contributed by atoms with E-state index in [4.69, 9.17) is 4.74 Å². The van der Waals surface area contributed by atoms with Crippen molar-refractivity contribution in [3.8, 4) is 0 Å². The maximum Gasteiger partial charge on any atom is 0.238 e. The zero-order valence-electron chi connectivity index (χ0n) is 12.8. The van der Waals surface area contributed by atoms with Gasteiger partial charge in [-0.2, -0.15) is 0 Å². The Morgan fingerprint density at radius 3 is 2.59 bits per heavy atom. The van der Waals surface area contributed by atoms with Crippen LogP contribution in [0.1, 0.15) is 12.8 Å². The van der Waals surface area contributed by atoms with Gasteiger partial charge in [0.15, 0.2) is 0 Å². The van der Waals surface area contributed by atoms with Crippen molar-refractivity contribution in [1.29, 1.82) is 0 Å². The summed E-state index contributed by atoms with van der Waals surface area (Å²) in [7, 11) is 1.65. The van der Waals surface area contributed by atoms with Gasteiger partial charge in [0.2, 0.25) is 5.91 Å². The first-order chi connectivity index (χ1) is 9.81. The van der Waals surface area contributed by atoms with Crippen LogP contribution >= 0.6 is 24.8 Å². The third-order valence-corrected chi connectivity index (χ3v) is 3.39. The number of halogens is 2. The van der Waals surface area contributed by atoms with E-state index in [1.54, 1.807) is 7.11 Å². The van der Waals surface area contributed by atoms with Crippen LogP contribution in [-0.4, -0.2) is 45.8 Å². The summed E-state index contributed by atoms with van der Waals surface area (Å²) in [6.07, 6.45) is 2.45. The number of carbonyl (C=O) groups excluding carboxylic acids is 1. The number of ether oxygens (including phenoxy) is 1. The summed E-state index contributed by atoms with van der Waals surface area (Å²) in [5.74, 6) is -0.0206. The van der Waals surface area contributed by atoms with Crippen molar-refractivity contribution in [3.63, 3.8) is 0 Å². The SMILES string of the molecule is COCCNCC(=O)Nc1ccccc1N1CCCC1.Cl.Cl. The number of rotatable bonds is 7. The highest BCUT2D eigenvalue weighted by Crippen LogP contribution is 2.28. The van der Waals surface area contributed by atoms with Crippen LogP contribution in [0, 0.1) is 0 Å². The molecule has 1 saturated heterocycles. The van der Waals surface area contributed by atoms with Crippen LogP contribution in [0.15, 0.2) is 24.3 Å². The van der Waals surface area contributed by atoms with Crippen LogP contribution in [0.4, 0.5) is 11.4 Å². The Labute approximate surface area is 144 Å². The lowest BCUT2D eigenvalue weighted by Gasteiger charge is -2.21. The molecule has 1 aliphatic heterocycles. The fourth-order valence-electron chi connectivity index (χ4n) is 2.38. The number of nitrogens with zero attached hydrogens (tertiary/aromatic N) is 1. The highest BCUT2D eigenvalue weighted by atomic mass is 35.5. The first-order valence-electron chi connectivity index (χ1n) is 7.15. The van der Waals surface area contributed by atoms with Gasteiger partial charge in [0.1, 0.15) is 0 Å². The normalized spacial score (nSPS) is 13.2. The molecular formula is C15H25Cl2N3O2. The molecule has 7 heteroatoms. The van der Waals surface area contributed by atoms with Gasteiger partial charge in [0, 0.05) is 26.7 Å². The van der Waals surface area contributed by atoms with Gasteiger partial charge >= 0.3 is 0 Å². The molecule has 0 atom stereocenters. The number of para-hydroxylation sites is 2. The van der Waals surface area contributed by atoms with Gasteiger partial charge in [-0.3, -0.25) is 4.79 Å². The summed E-state index contributed by atoms with van der Waals surface area (Å²) in [5.41, 5.74) is 2.02. The quantitative estimate of drug-likeness (QED) is 0.741. The number of hydrogen-bond donors (Lipinski definition) is 2. The molecule has 2 rings (SSSR count). The van der Waals surface area contributed by atoms with Gasteiger partial charge in [-0.25, -0.2) is 0 Å². The molecule has 1 aromatic rings. The molecule has 126 valence electrons. The number of anilines is 2. The molecule has 1 aromatic carbocycles. The average Bonchev–Trinajstić information content (AvgIpc) is 2.98. The molecule has 1 aliphatic rings. The largest absolute Gasteiger partial charge is 0.383 e. The predicted molar refractivity (Wildman–Crippen MR) is 95.8 cm³/mol. The number of carbonyl (C=O) groups is 1. The molecule has 1 fully saturated rings. The number of benzene rings is 1. The van der Waals surface area contributed by atoms with E-state index in [2.05, 4.69) is 21.6 Å². The van der Waals surface area contributed by atoms with E-state index in [1.807, 2.05) is 18.2 Å². The van der Waals surface area contributed by atoms with Gasteiger partial charge < -0.3 is 20.3 Å². The Hall–Kier alpha value is -1.01. The minimum atomic E-state index is -0.0206. The van der Waals surface area contributed by atoms with E-state index in [0.717, 1.165) is 24.5 Å². The molecule has 1 amide bonds. The molecule has 0 aliphatic carbocycles. The standard InChI is InChI=1S/C15H23N3O2.2ClH/c1-20-11-8-16-12-15(19)17-13-6-2-3-7-14(13)18-9-4-5-10-18;;/h2-3,6-7,16H,4-5,8-12H2,1H3,(H,17,19);2*1H. The van der Waals surface area contributed by atoms with Crippen LogP contribution in [0.2, 0.25) is 0 Å². The predicted octanol–water partition coefficient (Wildman–Crippen LogP) is 2.30. The van der Waals surface area contributed by atoms with Crippen molar-refractivity contribution in [1.82, 2.24) is 5.32 Å². The minimum absolute atomic E-state index is 0. The maximum absolute atomic E-state index is 11.9. The summed E-state index contributed by atoms with van der Waals surface area (Å²) in [5, 5.41) is 6.03. The summed E-state index contributed by atoms with van der Waals surface area (Å²) in [4.78, 5) is 14.2. The maximum atomic E-state index is 11.9. The lowest BCUT2D eigenvalue weighted by atomic mass is 10.2. The fraction of sp³-hybridized carbons (Fsp3) is 0.533. The summed E-state index contributed by atoms with van der Waals surface area (Å²) < 4.78 is 4.93. The molecule has 22 heavy (non-hydrogen) atoms. The third kappa shape index (κ3) is 6.40. The van der Waals surface area contributed by atoms with E-state index in [-0.39, 0.29) is 30.7 Å². The minimum Gasteiger partial charge on any atom is -0.383 e. The van der Waals surface area contributed by atoms with Crippen molar-refractivity contribution >= 4 is 42.1 Å². The van der Waals surface area contributed by atoms with Crippen LogP contribution in [0.3, 0.4) is 0 Å². The average molecular weight is 350 g/mol. The fourth-order valence-corrected chi connectivity index (χ4v) is 2.38. The molecule has 1 heterocycles. The van der Waals surface area contributed by atoms with Gasteiger partial charge in [-0.05, 0) is 25.0 Å². The number of nitrogens with one attached hydrogen (secondary N) is 2. The Morgan fingerprint density at radius 2 is 1.91 bits per heavy atom. The molecule has 0 aromatic heterocycles. The van der Waals surface area contributed by atoms with Crippen molar-refractivity contribution in [2.75, 3.05) is 50.1 Å². The van der Waals surface area contributed by atoms with Crippen LogP contribution < -0.4 is 15.5 Å². The second kappa shape index (κ2) is 11.5. The highest BCUT2D eigenvalue weighted by molar-refractivity contribution is 5.95. The van der Waals surface area contributed by atoms with E-state index in [0.29, 0.717) is 19.7 Å². The van der Waals surface area contributed by atoms with Crippen molar-refractivity contribution in [2.24, 2.45) is 0 Å². The van der Waals surface area contributed by atoms with E-state index < -0.39 is 0 Å². The van der Waals surface area contributed by atoms with Crippen molar-refractivity contribution < 1.29 is 9.53 Å². The number of amides is 1. The van der Waals surface area contributed by atoms with Crippen LogP contribution in [-0.2, 0) is 9.53 Å². The Morgan fingerprint density at radius 1 is 1.23 bits per heavy atom. The monoisotopic (exact) mass is 349 g/mol. The van der Waals surface area contributed by atoms with Crippen LogP contribution in [0.5, 0.6) is 0 Å². The third-order valence-electron chi connectivity index (χ3n) is 3.39. The topological polar surface area (TPSA) is 53.6 Å². The molecule has 5 nitrogen and oxygen atoms in total. The van der Waals surface area contributed by atoms with Crippen molar-refractivity contribution in [3.05, 3.63) is 24.3 Å². The molecule has 2 N–H and O–H groups in total. The second-order valence-electron chi connectivity index (χ2n) is 4.93. The van der Waals surface area contributed by atoms with Gasteiger partial charge in [0.25, 0.3) is 0 Å². The lowest BCUT2D eigenvalue weighted by Crippen LogP contribution is -2.31. The van der Waals surface area contributed by atoms with Gasteiger partial charge in [-0.1, -0.05) is 12.1 Å². The molecule has 0 bridgehead atoms.